The summed E-state index contributed by atoms with van der Waals surface area (Å²) in [6.07, 6.45) is 7.56. The lowest BCUT2D eigenvalue weighted by Crippen LogP contribution is -2.39. The van der Waals surface area contributed by atoms with E-state index in [2.05, 4.69) is 26.2 Å². The summed E-state index contributed by atoms with van der Waals surface area (Å²) in [5.41, 5.74) is 6.01. The summed E-state index contributed by atoms with van der Waals surface area (Å²) in [7, 11) is 0. The van der Waals surface area contributed by atoms with Crippen LogP contribution in [0, 0.1) is 11.2 Å². The Balaban J connectivity index is 2.01. The number of halogens is 2. The third-order valence-corrected chi connectivity index (χ3v) is 4.22. The van der Waals surface area contributed by atoms with E-state index in [1.54, 1.807) is 6.20 Å². The first kappa shape index (κ1) is 13.7. The maximum atomic E-state index is 13.6. The van der Waals surface area contributed by atoms with Gasteiger partial charge in [-0.2, -0.15) is 0 Å². The molecule has 0 spiro atoms. The summed E-state index contributed by atoms with van der Waals surface area (Å²) < 4.78 is 14.3. The Hall–Kier alpha value is -0.680. The lowest BCUT2D eigenvalue weighted by Gasteiger charge is -2.36. The molecule has 0 aromatic carbocycles. The number of hydrogen-bond donors (Lipinski definition) is 2. The third-order valence-electron chi connectivity index (χ3n) is 3.79. The lowest BCUT2D eigenvalue weighted by atomic mass is 9.74. The topological polar surface area (TPSA) is 50.9 Å². The van der Waals surface area contributed by atoms with Crippen molar-refractivity contribution in [2.24, 2.45) is 11.1 Å². The molecular formula is C13H19BrFN3. The van der Waals surface area contributed by atoms with E-state index in [1.165, 1.54) is 25.3 Å². The fraction of sp³-hybridized carbons (Fsp3) is 0.615. The number of nitrogens with one attached hydrogen (secondary N) is 1. The van der Waals surface area contributed by atoms with Gasteiger partial charge in [0.2, 0.25) is 0 Å². The Kier molecular flexibility index (Phi) is 4.56. The minimum Gasteiger partial charge on any atom is -0.367 e. The van der Waals surface area contributed by atoms with Crippen molar-refractivity contribution >= 4 is 21.7 Å². The normalized spacial score (nSPS) is 18.6. The van der Waals surface area contributed by atoms with Gasteiger partial charge in [0.15, 0.2) is 11.6 Å². The van der Waals surface area contributed by atoms with Gasteiger partial charge in [0.25, 0.3) is 0 Å². The molecule has 0 radical (unpaired) electrons. The second-order valence-corrected chi connectivity index (χ2v) is 6.02. The molecule has 1 aromatic rings. The van der Waals surface area contributed by atoms with Gasteiger partial charge in [-0.15, -0.1) is 0 Å². The van der Waals surface area contributed by atoms with Gasteiger partial charge in [0, 0.05) is 17.2 Å². The monoisotopic (exact) mass is 315 g/mol. The average molecular weight is 316 g/mol. The fourth-order valence-electron chi connectivity index (χ4n) is 2.57. The molecule has 18 heavy (non-hydrogen) atoms. The molecule has 1 fully saturated rings. The number of pyridine rings is 1. The van der Waals surface area contributed by atoms with Crippen molar-refractivity contribution in [1.82, 2.24) is 4.98 Å². The van der Waals surface area contributed by atoms with Crippen LogP contribution in [0.2, 0.25) is 0 Å². The Labute approximate surface area is 115 Å². The molecular weight excluding hydrogens is 297 g/mol. The molecule has 0 bridgehead atoms. The predicted octanol–water partition coefficient (Wildman–Crippen LogP) is 3.30. The summed E-state index contributed by atoms with van der Waals surface area (Å²) in [5.74, 6) is -0.0102. The highest BCUT2D eigenvalue weighted by Crippen LogP contribution is 2.35. The summed E-state index contributed by atoms with van der Waals surface area (Å²) in [4.78, 5) is 4.05. The van der Waals surface area contributed by atoms with Crippen molar-refractivity contribution in [1.29, 1.82) is 0 Å². The van der Waals surface area contributed by atoms with Gasteiger partial charge in [0.1, 0.15) is 0 Å². The van der Waals surface area contributed by atoms with Crippen molar-refractivity contribution in [3.8, 4) is 0 Å². The molecule has 1 aromatic heterocycles. The molecule has 3 N–H and O–H groups in total. The molecule has 1 aliphatic rings. The van der Waals surface area contributed by atoms with E-state index in [-0.39, 0.29) is 11.2 Å². The Morgan fingerprint density at radius 2 is 2.11 bits per heavy atom. The van der Waals surface area contributed by atoms with Crippen LogP contribution in [0.4, 0.5) is 10.2 Å². The zero-order valence-corrected chi connectivity index (χ0v) is 12.0. The Morgan fingerprint density at radius 1 is 1.39 bits per heavy atom. The van der Waals surface area contributed by atoms with Gasteiger partial charge in [0.05, 0.1) is 0 Å². The largest absolute Gasteiger partial charge is 0.367 e. The Bertz CT molecular complexity index is 405. The van der Waals surface area contributed by atoms with Crippen LogP contribution in [0.5, 0.6) is 0 Å². The van der Waals surface area contributed by atoms with E-state index in [0.29, 0.717) is 23.4 Å². The van der Waals surface area contributed by atoms with E-state index in [4.69, 9.17) is 5.73 Å². The lowest BCUT2D eigenvalue weighted by molar-refractivity contribution is 0.215. The number of anilines is 1. The van der Waals surface area contributed by atoms with E-state index >= 15 is 0 Å². The highest BCUT2D eigenvalue weighted by atomic mass is 79.9. The first-order valence-corrected chi connectivity index (χ1v) is 7.19. The Morgan fingerprint density at radius 3 is 2.72 bits per heavy atom. The van der Waals surface area contributed by atoms with E-state index < -0.39 is 0 Å². The van der Waals surface area contributed by atoms with Crippen LogP contribution < -0.4 is 11.1 Å². The summed E-state index contributed by atoms with van der Waals surface area (Å²) in [6.45, 7) is 1.35. The predicted molar refractivity (Wildman–Crippen MR) is 75.0 cm³/mol. The van der Waals surface area contributed by atoms with Crippen LogP contribution in [-0.4, -0.2) is 18.1 Å². The highest BCUT2D eigenvalue weighted by Gasteiger charge is 2.30. The molecule has 1 saturated carbocycles. The zero-order chi connectivity index (χ0) is 13.0. The minimum absolute atomic E-state index is 0.111. The molecule has 0 aliphatic heterocycles. The van der Waals surface area contributed by atoms with Gasteiger partial charge in [-0.25, -0.2) is 9.37 Å². The molecule has 0 saturated heterocycles. The fourth-order valence-corrected chi connectivity index (χ4v) is 2.87. The van der Waals surface area contributed by atoms with Crippen LogP contribution in [-0.2, 0) is 0 Å². The number of nitrogens with two attached hydrogens (primary N) is 1. The second-order valence-electron chi connectivity index (χ2n) is 5.10. The highest BCUT2D eigenvalue weighted by molar-refractivity contribution is 9.10. The summed E-state index contributed by atoms with van der Waals surface area (Å²) in [6, 6.07) is 1.42. The second kappa shape index (κ2) is 5.97. The molecule has 2 rings (SSSR count). The van der Waals surface area contributed by atoms with Gasteiger partial charge in [-0.1, -0.05) is 19.3 Å². The summed E-state index contributed by atoms with van der Waals surface area (Å²) in [5, 5.41) is 3.11. The number of hydrogen-bond acceptors (Lipinski definition) is 3. The third kappa shape index (κ3) is 3.20. The first-order valence-electron chi connectivity index (χ1n) is 6.40. The van der Waals surface area contributed by atoms with E-state index in [9.17, 15) is 4.39 Å². The van der Waals surface area contributed by atoms with Crippen molar-refractivity contribution in [3.05, 3.63) is 22.6 Å². The van der Waals surface area contributed by atoms with Crippen LogP contribution in [0.3, 0.4) is 0 Å². The number of aromatic nitrogens is 1. The average Bonchev–Trinajstić information content (AvgIpc) is 2.39. The minimum atomic E-state index is -0.327. The SMILES string of the molecule is NCC1(CNc2ncc(Br)cc2F)CCCCC1. The van der Waals surface area contributed by atoms with Crippen LogP contribution in [0.15, 0.2) is 16.7 Å². The zero-order valence-electron chi connectivity index (χ0n) is 10.4. The van der Waals surface area contributed by atoms with Crippen molar-refractivity contribution < 1.29 is 4.39 Å². The van der Waals surface area contributed by atoms with Gasteiger partial charge in [-0.3, -0.25) is 0 Å². The van der Waals surface area contributed by atoms with Gasteiger partial charge >= 0.3 is 0 Å². The van der Waals surface area contributed by atoms with Gasteiger partial charge in [-0.05, 0) is 46.8 Å². The first-order chi connectivity index (χ1) is 8.65. The van der Waals surface area contributed by atoms with Crippen molar-refractivity contribution in [3.63, 3.8) is 0 Å². The smallest absolute Gasteiger partial charge is 0.166 e. The number of rotatable bonds is 4. The molecule has 0 atom stereocenters. The summed E-state index contributed by atoms with van der Waals surface area (Å²) >= 11 is 3.20. The molecule has 100 valence electrons. The number of nitrogens with zero attached hydrogens (tertiary/aromatic N) is 1. The molecule has 1 aliphatic carbocycles. The maximum absolute atomic E-state index is 13.6. The molecule has 1 heterocycles. The maximum Gasteiger partial charge on any atom is 0.166 e. The molecule has 3 nitrogen and oxygen atoms in total. The molecule has 0 amide bonds. The van der Waals surface area contributed by atoms with E-state index in [1.807, 2.05) is 0 Å². The quantitative estimate of drug-likeness (QED) is 0.896. The van der Waals surface area contributed by atoms with Gasteiger partial charge < -0.3 is 11.1 Å². The van der Waals surface area contributed by atoms with Crippen LogP contribution in [0.1, 0.15) is 32.1 Å². The van der Waals surface area contributed by atoms with Crippen molar-refractivity contribution in [2.45, 2.75) is 32.1 Å². The molecule has 0 unspecified atom stereocenters. The van der Waals surface area contributed by atoms with Crippen LogP contribution >= 0.6 is 15.9 Å². The molecule has 5 heteroatoms. The van der Waals surface area contributed by atoms with Crippen molar-refractivity contribution in [2.75, 3.05) is 18.4 Å². The van der Waals surface area contributed by atoms with Crippen LogP contribution in [0.25, 0.3) is 0 Å². The standard InChI is InChI=1S/C13H19BrFN3/c14-10-6-11(15)12(17-7-10)18-9-13(8-16)4-2-1-3-5-13/h6-7H,1-5,8-9,16H2,(H,17,18). The van der Waals surface area contributed by atoms with E-state index in [0.717, 1.165) is 12.8 Å².